The number of rotatable bonds is 7. The Labute approximate surface area is 214 Å². The molecule has 3 aromatic rings. The molecule has 8 heteroatoms. The lowest BCUT2D eigenvalue weighted by Gasteiger charge is -2.17. The minimum Gasteiger partial charge on any atom is -0.484 e. The van der Waals surface area contributed by atoms with Gasteiger partial charge in [0.2, 0.25) is 0 Å². The first-order valence-corrected chi connectivity index (χ1v) is 12.2. The van der Waals surface area contributed by atoms with Gasteiger partial charge < -0.3 is 15.0 Å². The molecule has 1 saturated heterocycles. The Bertz CT molecular complexity index is 1290. The highest BCUT2D eigenvalue weighted by atomic mass is 32.2. The number of ether oxygens (including phenoxy) is 1. The molecule has 0 spiro atoms. The lowest BCUT2D eigenvalue weighted by molar-refractivity contribution is -0.118. The number of thiocarbonyl (C=S) groups is 1. The third kappa shape index (κ3) is 6.09. The van der Waals surface area contributed by atoms with Gasteiger partial charge in [-0.3, -0.25) is 14.5 Å². The molecule has 0 aromatic heterocycles. The highest BCUT2D eigenvalue weighted by molar-refractivity contribution is 8.27. The average molecular weight is 504 g/mol. The third-order valence-electron chi connectivity index (χ3n) is 5.27. The fourth-order valence-corrected chi connectivity index (χ4v) is 4.77. The highest BCUT2D eigenvalue weighted by Crippen LogP contribution is 2.36. The summed E-state index contributed by atoms with van der Waals surface area (Å²) < 4.78 is 6.10. The zero-order valence-electron chi connectivity index (χ0n) is 19.6. The van der Waals surface area contributed by atoms with Gasteiger partial charge in [0.1, 0.15) is 5.75 Å². The minimum atomic E-state index is -0.234. The summed E-state index contributed by atoms with van der Waals surface area (Å²) in [5, 5.41) is 2.81. The first-order valence-electron chi connectivity index (χ1n) is 10.9. The Morgan fingerprint density at radius 2 is 1.80 bits per heavy atom. The number of anilines is 3. The lowest BCUT2D eigenvalue weighted by Crippen LogP contribution is -2.27. The van der Waals surface area contributed by atoms with Crippen LogP contribution in [0.3, 0.4) is 0 Å². The fraction of sp³-hybridized carbons (Fsp3) is 0.148. The van der Waals surface area contributed by atoms with Crippen molar-refractivity contribution < 1.29 is 14.3 Å². The second kappa shape index (κ2) is 10.8. The number of hydrogen-bond donors (Lipinski definition) is 1. The van der Waals surface area contributed by atoms with Crippen molar-refractivity contribution >= 4 is 63.3 Å². The predicted octanol–water partition coefficient (Wildman–Crippen LogP) is 5.48. The van der Waals surface area contributed by atoms with Crippen LogP contribution in [0.15, 0.2) is 77.7 Å². The monoisotopic (exact) mass is 503 g/mol. The van der Waals surface area contributed by atoms with Crippen LogP contribution in [0.25, 0.3) is 6.08 Å². The molecule has 178 valence electrons. The van der Waals surface area contributed by atoms with Gasteiger partial charge >= 0.3 is 0 Å². The molecule has 0 saturated carbocycles. The standard InChI is InChI=1S/C27H25N3O3S2/c1-18-5-4-6-20(15-18)28-25(31)17-33-23-13-7-19(8-14-23)16-24-26(32)30(27(34)35-24)22-11-9-21(10-12-22)29(2)3/h4-16H,17H2,1-3H3,(H,28,31)/b24-16+. The number of aryl methyl sites for hydroxylation is 1. The molecule has 1 fully saturated rings. The van der Waals surface area contributed by atoms with E-state index < -0.39 is 0 Å². The molecular weight excluding hydrogens is 478 g/mol. The molecular formula is C27H25N3O3S2. The van der Waals surface area contributed by atoms with Crippen LogP contribution in [0.5, 0.6) is 5.75 Å². The summed E-state index contributed by atoms with van der Waals surface area (Å²) in [4.78, 5) is 29.3. The number of carbonyl (C=O) groups is 2. The SMILES string of the molecule is Cc1cccc(NC(=O)COc2ccc(/C=C3/SC(=S)N(c4ccc(N(C)C)cc4)C3=O)cc2)c1. The number of nitrogens with one attached hydrogen (secondary N) is 1. The second-order valence-corrected chi connectivity index (χ2v) is 9.88. The van der Waals surface area contributed by atoms with E-state index in [2.05, 4.69) is 5.32 Å². The summed E-state index contributed by atoms with van der Waals surface area (Å²) in [6, 6.07) is 22.5. The van der Waals surface area contributed by atoms with Crippen molar-refractivity contribution in [1.82, 2.24) is 0 Å². The number of benzene rings is 3. The van der Waals surface area contributed by atoms with Crippen molar-refractivity contribution in [2.75, 3.05) is 35.8 Å². The zero-order chi connectivity index (χ0) is 24.9. The lowest BCUT2D eigenvalue weighted by atomic mass is 10.2. The van der Waals surface area contributed by atoms with E-state index in [1.807, 2.05) is 92.7 Å². The number of nitrogens with zero attached hydrogens (tertiary/aromatic N) is 2. The van der Waals surface area contributed by atoms with E-state index in [0.29, 0.717) is 15.0 Å². The van der Waals surface area contributed by atoms with E-state index in [0.717, 1.165) is 28.2 Å². The number of hydrogen-bond acceptors (Lipinski definition) is 6. The van der Waals surface area contributed by atoms with Crippen LogP contribution in [0, 0.1) is 6.92 Å². The molecule has 0 unspecified atom stereocenters. The van der Waals surface area contributed by atoms with Crippen LogP contribution in [0.2, 0.25) is 0 Å². The Balaban J connectivity index is 1.37. The molecule has 0 bridgehead atoms. The Morgan fingerprint density at radius 3 is 2.46 bits per heavy atom. The summed E-state index contributed by atoms with van der Waals surface area (Å²) in [6.07, 6.45) is 1.81. The van der Waals surface area contributed by atoms with Gasteiger partial charge in [0.25, 0.3) is 11.8 Å². The third-order valence-corrected chi connectivity index (χ3v) is 6.57. The fourth-order valence-electron chi connectivity index (χ4n) is 3.47. The van der Waals surface area contributed by atoms with Gasteiger partial charge in [0.05, 0.1) is 10.6 Å². The van der Waals surface area contributed by atoms with E-state index >= 15 is 0 Å². The number of thioether (sulfide) groups is 1. The molecule has 0 aliphatic carbocycles. The van der Waals surface area contributed by atoms with E-state index in [9.17, 15) is 9.59 Å². The van der Waals surface area contributed by atoms with Gasteiger partial charge in [0, 0.05) is 25.5 Å². The molecule has 0 radical (unpaired) electrons. The van der Waals surface area contributed by atoms with Crippen LogP contribution < -0.4 is 19.9 Å². The van der Waals surface area contributed by atoms with Crippen molar-refractivity contribution in [2.45, 2.75) is 6.92 Å². The summed E-state index contributed by atoms with van der Waals surface area (Å²) in [7, 11) is 3.93. The molecule has 6 nitrogen and oxygen atoms in total. The van der Waals surface area contributed by atoms with Crippen LogP contribution in [-0.4, -0.2) is 36.8 Å². The maximum atomic E-state index is 13.0. The summed E-state index contributed by atoms with van der Waals surface area (Å²) in [5.74, 6) is 0.183. The smallest absolute Gasteiger partial charge is 0.270 e. The van der Waals surface area contributed by atoms with Crippen molar-refractivity contribution in [3.05, 3.63) is 88.8 Å². The maximum Gasteiger partial charge on any atom is 0.270 e. The van der Waals surface area contributed by atoms with Gasteiger partial charge in [-0.2, -0.15) is 0 Å². The first kappa shape index (κ1) is 24.5. The molecule has 3 aromatic carbocycles. The predicted molar refractivity (Wildman–Crippen MR) is 148 cm³/mol. The Morgan fingerprint density at radius 1 is 1.09 bits per heavy atom. The molecule has 4 rings (SSSR count). The molecule has 1 N–H and O–H groups in total. The van der Waals surface area contributed by atoms with E-state index in [1.54, 1.807) is 17.0 Å². The van der Waals surface area contributed by atoms with Crippen LogP contribution >= 0.6 is 24.0 Å². The normalized spacial score (nSPS) is 14.4. The topological polar surface area (TPSA) is 61.9 Å². The van der Waals surface area contributed by atoms with Crippen LogP contribution in [-0.2, 0) is 9.59 Å². The summed E-state index contributed by atoms with van der Waals surface area (Å²) in [6.45, 7) is 1.87. The van der Waals surface area contributed by atoms with Crippen molar-refractivity contribution in [3.63, 3.8) is 0 Å². The van der Waals surface area contributed by atoms with Gasteiger partial charge in [0.15, 0.2) is 10.9 Å². The van der Waals surface area contributed by atoms with Crippen molar-refractivity contribution in [3.8, 4) is 5.75 Å². The zero-order valence-corrected chi connectivity index (χ0v) is 21.3. The van der Waals surface area contributed by atoms with Crippen molar-refractivity contribution in [1.29, 1.82) is 0 Å². The molecule has 1 aliphatic heterocycles. The second-order valence-electron chi connectivity index (χ2n) is 8.20. The van der Waals surface area contributed by atoms with Crippen molar-refractivity contribution in [2.24, 2.45) is 0 Å². The average Bonchev–Trinajstić information content (AvgIpc) is 3.11. The molecule has 1 aliphatic rings. The molecule has 0 atom stereocenters. The van der Waals surface area contributed by atoms with Gasteiger partial charge in [-0.1, -0.05) is 48.2 Å². The number of amides is 2. The first-order chi connectivity index (χ1) is 16.8. The highest BCUT2D eigenvalue weighted by Gasteiger charge is 2.33. The maximum absolute atomic E-state index is 13.0. The molecule has 1 heterocycles. The van der Waals surface area contributed by atoms with Crippen LogP contribution in [0.4, 0.5) is 17.1 Å². The van der Waals surface area contributed by atoms with E-state index in [4.69, 9.17) is 17.0 Å². The minimum absolute atomic E-state index is 0.0987. The van der Waals surface area contributed by atoms with E-state index in [-0.39, 0.29) is 18.4 Å². The summed E-state index contributed by atoms with van der Waals surface area (Å²) >= 11 is 6.75. The molecule has 35 heavy (non-hydrogen) atoms. The van der Waals surface area contributed by atoms with Gasteiger partial charge in [-0.15, -0.1) is 0 Å². The van der Waals surface area contributed by atoms with E-state index in [1.165, 1.54) is 11.8 Å². The largest absolute Gasteiger partial charge is 0.484 e. The summed E-state index contributed by atoms with van der Waals surface area (Å²) in [5.41, 5.74) is 4.43. The quantitative estimate of drug-likeness (QED) is 0.340. The molecule has 2 amide bonds. The Hall–Kier alpha value is -3.62. The van der Waals surface area contributed by atoms with Gasteiger partial charge in [-0.05, 0) is 72.7 Å². The Kier molecular flexibility index (Phi) is 7.53. The number of carbonyl (C=O) groups excluding carboxylic acids is 2. The van der Waals surface area contributed by atoms with Gasteiger partial charge in [-0.25, -0.2) is 0 Å². The van der Waals surface area contributed by atoms with Crippen LogP contribution in [0.1, 0.15) is 11.1 Å².